The second-order valence-electron chi connectivity index (χ2n) is 5.53. The van der Waals surface area contributed by atoms with E-state index in [1.807, 2.05) is 0 Å². The summed E-state index contributed by atoms with van der Waals surface area (Å²) in [5.74, 6) is -1.46. The Morgan fingerprint density at radius 1 is 1.10 bits per heavy atom. The van der Waals surface area contributed by atoms with Crippen LogP contribution in [0.3, 0.4) is 0 Å². The van der Waals surface area contributed by atoms with Crippen LogP contribution in [-0.2, 0) is 15.8 Å². The Bertz CT molecular complexity index is 521. The Morgan fingerprint density at radius 3 is 2.05 bits per heavy atom. The summed E-state index contributed by atoms with van der Waals surface area (Å²) < 4.78 is 37.1. The van der Waals surface area contributed by atoms with Gasteiger partial charge in [0.25, 0.3) is 0 Å². The van der Waals surface area contributed by atoms with Gasteiger partial charge in [-0.05, 0) is 29.7 Å². The van der Waals surface area contributed by atoms with Crippen LogP contribution in [0.15, 0.2) is 24.3 Å². The second kappa shape index (κ2) is 6.15. The fourth-order valence-electron chi connectivity index (χ4n) is 1.85. The normalized spacial score (nSPS) is 12.0. The van der Waals surface area contributed by atoms with Gasteiger partial charge in [0.05, 0.1) is 12.0 Å². The maximum atomic E-state index is 12.4. The number of carbonyl (C=O) groups is 2. The molecule has 0 atom stereocenters. The third-order valence-corrected chi connectivity index (χ3v) is 2.76. The summed E-state index contributed by atoms with van der Waals surface area (Å²) in [6, 6.07) is 4.06. The SMILES string of the molecule is CC(C)(CC(=O)O)CC(=O)Nc1ccc(C(F)(F)F)cc1. The molecule has 0 heterocycles. The molecular formula is C14H16F3NO3. The van der Waals surface area contributed by atoms with E-state index in [9.17, 15) is 22.8 Å². The topological polar surface area (TPSA) is 66.4 Å². The Morgan fingerprint density at radius 2 is 1.62 bits per heavy atom. The van der Waals surface area contributed by atoms with Gasteiger partial charge in [-0.2, -0.15) is 13.2 Å². The van der Waals surface area contributed by atoms with E-state index in [1.54, 1.807) is 13.8 Å². The first-order valence-electron chi connectivity index (χ1n) is 6.18. The van der Waals surface area contributed by atoms with Gasteiger partial charge in [0.2, 0.25) is 5.91 Å². The molecule has 4 nitrogen and oxygen atoms in total. The zero-order chi connectivity index (χ0) is 16.3. The molecule has 0 aliphatic carbocycles. The molecule has 0 spiro atoms. The number of hydrogen-bond donors (Lipinski definition) is 2. The highest BCUT2D eigenvalue weighted by Crippen LogP contribution is 2.30. The van der Waals surface area contributed by atoms with Crippen LogP contribution in [0.25, 0.3) is 0 Å². The lowest BCUT2D eigenvalue weighted by Gasteiger charge is -2.21. The van der Waals surface area contributed by atoms with Crippen LogP contribution < -0.4 is 5.32 Å². The smallest absolute Gasteiger partial charge is 0.416 e. The number of benzene rings is 1. The van der Waals surface area contributed by atoms with Crippen molar-refractivity contribution in [2.24, 2.45) is 5.41 Å². The molecule has 1 amide bonds. The number of nitrogens with one attached hydrogen (secondary N) is 1. The fraction of sp³-hybridized carbons (Fsp3) is 0.429. The Balaban J connectivity index is 2.65. The number of alkyl halides is 3. The van der Waals surface area contributed by atoms with Gasteiger partial charge in [-0.15, -0.1) is 0 Å². The molecule has 0 saturated heterocycles. The molecule has 0 aromatic heterocycles. The van der Waals surface area contributed by atoms with E-state index in [4.69, 9.17) is 5.11 Å². The van der Waals surface area contributed by atoms with E-state index < -0.39 is 29.0 Å². The molecule has 0 radical (unpaired) electrons. The molecule has 1 rings (SSSR count). The number of carbonyl (C=O) groups excluding carboxylic acids is 1. The first-order valence-corrected chi connectivity index (χ1v) is 6.18. The van der Waals surface area contributed by atoms with Gasteiger partial charge < -0.3 is 10.4 Å². The molecule has 0 bridgehead atoms. The summed E-state index contributed by atoms with van der Waals surface area (Å²) in [5.41, 5.74) is -1.30. The summed E-state index contributed by atoms with van der Waals surface area (Å²) in [4.78, 5) is 22.4. The molecule has 1 aromatic carbocycles. The number of aliphatic carboxylic acids is 1. The van der Waals surface area contributed by atoms with E-state index >= 15 is 0 Å². The molecule has 1 aromatic rings. The number of anilines is 1. The Hall–Kier alpha value is -2.05. The van der Waals surface area contributed by atoms with E-state index in [2.05, 4.69) is 5.32 Å². The summed E-state index contributed by atoms with van der Waals surface area (Å²) in [7, 11) is 0. The number of amides is 1. The van der Waals surface area contributed by atoms with Gasteiger partial charge in [0, 0.05) is 12.1 Å². The lowest BCUT2D eigenvalue weighted by molar-refractivity contribution is -0.140. The summed E-state index contributed by atoms with van der Waals surface area (Å²) in [5, 5.41) is 11.2. The van der Waals surface area contributed by atoms with Crippen molar-refractivity contribution in [1.82, 2.24) is 0 Å². The Kier molecular flexibility index (Phi) is 4.98. The van der Waals surface area contributed by atoms with E-state index in [0.29, 0.717) is 0 Å². The molecule has 0 fully saturated rings. The van der Waals surface area contributed by atoms with Crippen molar-refractivity contribution in [3.8, 4) is 0 Å². The largest absolute Gasteiger partial charge is 0.481 e. The molecule has 0 saturated carbocycles. The molecule has 0 aliphatic heterocycles. The van der Waals surface area contributed by atoms with Gasteiger partial charge in [-0.1, -0.05) is 13.8 Å². The first kappa shape index (κ1) is 17.0. The number of halogens is 3. The lowest BCUT2D eigenvalue weighted by atomic mass is 9.85. The predicted octanol–water partition coefficient (Wildman–Crippen LogP) is 3.53. The molecule has 0 aliphatic rings. The van der Waals surface area contributed by atoms with Crippen LogP contribution in [0.1, 0.15) is 32.3 Å². The average Bonchev–Trinajstić information content (AvgIpc) is 2.25. The number of carboxylic acid groups (broad SMARTS) is 1. The minimum absolute atomic E-state index is 0.0413. The lowest BCUT2D eigenvalue weighted by Crippen LogP contribution is -2.24. The quantitative estimate of drug-likeness (QED) is 0.874. The highest BCUT2D eigenvalue weighted by Gasteiger charge is 2.30. The predicted molar refractivity (Wildman–Crippen MR) is 70.7 cm³/mol. The summed E-state index contributed by atoms with van der Waals surface area (Å²) in [6.07, 6.45) is -4.64. The van der Waals surface area contributed by atoms with Crippen LogP contribution in [0.4, 0.5) is 18.9 Å². The minimum atomic E-state index is -4.42. The standard InChI is InChI=1S/C14H16F3NO3/c1-13(2,8-12(20)21)7-11(19)18-10-5-3-9(4-6-10)14(15,16)17/h3-6H,7-8H2,1-2H3,(H,18,19)(H,20,21). The van der Waals surface area contributed by atoms with Gasteiger partial charge in [0.1, 0.15) is 0 Å². The van der Waals surface area contributed by atoms with Gasteiger partial charge in [0.15, 0.2) is 0 Å². The summed E-state index contributed by atoms with van der Waals surface area (Å²) in [6.45, 7) is 3.26. The molecular weight excluding hydrogens is 287 g/mol. The van der Waals surface area contributed by atoms with E-state index in [1.165, 1.54) is 0 Å². The van der Waals surface area contributed by atoms with Crippen molar-refractivity contribution in [2.75, 3.05) is 5.32 Å². The third kappa shape index (κ3) is 5.85. The van der Waals surface area contributed by atoms with Crippen molar-refractivity contribution in [2.45, 2.75) is 32.9 Å². The van der Waals surface area contributed by atoms with E-state index in [0.717, 1.165) is 24.3 Å². The highest BCUT2D eigenvalue weighted by molar-refractivity contribution is 5.91. The van der Waals surface area contributed by atoms with Crippen molar-refractivity contribution >= 4 is 17.6 Å². The van der Waals surface area contributed by atoms with Crippen LogP contribution in [0.5, 0.6) is 0 Å². The van der Waals surface area contributed by atoms with Gasteiger partial charge in [-0.25, -0.2) is 0 Å². The van der Waals surface area contributed by atoms with Gasteiger partial charge >= 0.3 is 12.1 Å². The zero-order valence-corrected chi connectivity index (χ0v) is 11.6. The second-order valence-corrected chi connectivity index (χ2v) is 5.53. The Labute approximate surface area is 120 Å². The average molecular weight is 303 g/mol. The monoisotopic (exact) mass is 303 g/mol. The molecule has 0 unspecified atom stereocenters. The fourth-order valence-corrected chi connectivity index (χ4v) is 1.85. The molecule has 116 valence electrons. The zero-order valence-electron chi connectivity index (χ0n) is 11.6. The van der Waals surface area contributed by atoms with Crippen LogP contribution in [0, 0.1) is 5.41 Å². The molecule has 7 heteroatoms. The number of hydrogen-bond acceptors (Lipinski definition) is 2. The van der Waals surface area contributed by atoms with E-state index in [-0.39, 0.29) is 18.5 Å². The number of rotatable bonds is 5. The highest BCUT2D eigenvalue weighted by atomic mass is 19.4. The van der Waals surface area contributed by atoms with Crippen LogP contribution in [-0.4, -0.2) is 17.0 Å². The van der Waals surface area contributed by atoms with Crippen LogP contribution in [0.2, 0.25) is 0 Å². The van der Waals surface area contributed by atoms with Crippen LogP contribution >= 0.6 is 0 Å². The van der Waals surface area contributed by atoms with Crippen molar-refractivity contribution in [1.29, 1.82) is 0 Å². The molecule has 2 N–H and O–H groups in total. The maximum Gasteiger partial charge on any atom is 0.416 e. The summed E-state index contributed by atoms with van der Waals surface area (Å²) >= 11 is 0. The van der Waals surface area contributed by atoms with Crippen molar-refractivity contribution in [3.63, 3.8) is 0 Å². The maximum absolute atomic E-state index is 12.4. The van der Waals surface area contributed by atoms with Crippen molar-refractivity contribution < 1.29 is 27.9 Å². The van der Waals surface area contributed by atoms with Crippen molar-refractivity contribution in [3.05, 3.63) is 29.8 Å². The third-order valence-electron chi connectivity index (χ3n) is 2.76. The first-order chi connectivity index (χ1) is 9.49. The van der Waals surface area contributed by atoms with Gasteiger partial charge in [-0.3, -0.25) is 9.59 Å². The number of carboxylic acids is 1. The minimum Gasteiger partial charge on any atom is -0.481 e. The molecule has 21 heavy (non-hydrogen) atoms.